The first-order valence-corrected chi connectivity index (χ1v) is 35.5. The van der Waals surface area contributed by atoms with Crippen molar-refractivity contribution in [3.8, 4) is 22.5 Å². The van der Waals surface area contributed by atoms with Crippen LogP contribution < -0.4 is 67.9 Å². The topological polar surface area (TPSA) is 235 Å². The summed E-state index contributed by atoms with van der Waals surface area (Å²) >= 11 is 0. The van der Waals surface area contributed by atoms with E-state index in [1.807, 2.05) is 216 Å². The van der Waals surface area contributed by atoms with Crippen LogP contribution in [0.2, 0.25) is 0 Å². The molecule has 0 spiro atoms. The summed E-state index contributed by atoms with van der Waals surface area (Å²) in [6.07, 6.45) is 2.07. The molecule has 1 heterocycles. The molecule has 514 valence electrons. The molecule has 10 rings (SSSR count). The molecule has 0 radical (unpaired) electrons. The maximum atomic E-state index is 13.5. The lowest BCUT2D eigenvalue weighted by molar-refractivity contribution is 0.0523. The van der Waals surface area contributed by atoms with Gasteiger partial charge in [0.25, 0.3) is 17.7 Å². The van der Waals surface area contributed by atoms with E-state index in [4.69, 9.17) is 18.6 Å². The second-order valence-electron chi connectivity index (χ2n) is 24.8. The fourth-order valence-corrected chi connectivity index (χ4v) is 16.1. The fourth-order valence-electron chi connectivity index (χ4n) is 11.2. The Hall–Kier alpha value is -10.8. The van der Waals surface area contributed by atoms with E-state index in [2.05, 4.69) is 21.3 Å². The van der Waals surface area contributed by atoms with Crippen LogP contribution in [0, 0.1) is 0 Å². The van der Waals surface area contributed by atoms with Gasteiger partial charge < -0.3 is 49.9 Å². The summed E-state index contributed by atoms with van der Waals surface area (Å²) in [7, 11) is 8.16. The minimum absolute atomic E-state index is 0.00888. The molecule has 0 bridgehead atoms. The van der Waals surface area contributed by atoms with Crippen molar-refractivity contribution in [2.45, 2.75) is 52.1 Å². The number of unbranched alkanes of at least 4 members (excludes halogenated alkanes) is 2. The van der Waals surface area contributed by atoms with Crippen LogP contribution in [-0.4, -0.2) is 121 Å². The van der Waals surface area contributed by atoms with E-state index < -0.39 is 51.4 Å². The molecule has 8 aromatic carbocycles. The lowest BCUT2D eigenvalue weighted by Gasteiger charge is -2.22. The summed E-state index contributed by atoms with van der Waals surface area (Å²) in [5.41, 5.74) is 4.85. The summed E-state index contributed by atoms with van der Waals surface area (Å²) in [5, 5.41) is 29.4. The first-order valence-electron chi connectivity index (χ1n) is 32.8. The van der Waals surface area contributed by atoms with Crippen LogP contribution in [0.4, 0.5) is 10.5 Å². The molecule has 4 amide bonds. The minimum atomic E-state index is -1.19. The molecule has 0 saturated carbocycles. The van der Waals surface area contributed by atoms with Crippen molar-refractivity contribution in [1.82, 2.24) is 25.8 Å². The number of carbonyl (C=O) groups excluding carboxylic acids is 6. The number of hydrogen-bond acceptors (Lipinski definition) is 12. The van der Waals surface area contributed by atoms with E-state index >= 15 is 0 Å². The second-order valence-corrected chi connectivity index (χ2v) is 29.1. The van der Waals surface area contributed by atoms with Crippen molar-refractivity contribution in [2.75, 3.05) is 73.5 Å². The Morgan fingerprint density at radius 3 is 1.29 bits per heavy atom. The number of ether oxygens (including phenoxy) is 3. The van der Waals surface area contributed by atoms with Crippen molar-refractivity contribution >= 4 is 106 Å². The number of aromatic carboxylic acids is 1. The maximum Gasteiger partial charge on any atom is 0.407 e. The average Bonchev–Trinajstić information content (AvgIpc) is 0.751. The van der Waals surface area contributed by atoms with Gasteiger partial charge in [-0.1, -0.05) is 127 Å². The molecule has 2 aliphatic rings. The third-order valence-corrected chi connectivity index (χ3v) is 21.1. The molecular formula is C80H83N6O12P2+. The van der Waals surface area contributed by atoms with Crippen molar-refractivity contribution < 1.29 is 57.3 Å². The highest BCUT2D eigenvalue weighted by Gasteiger charge is 2.29. The number of benzene rings is 9. The standard InChI is InChI=1S/C50H47N4O7P.C30H35N2O5P/c1-53(2)34-20-24-39-43(30-34)61-44-31-35(54(3)4)21-25-40(44)46(39)38-22-18-32(28-42(38)49(57)58)47(55)51-26-12-13-27-52-48(56)33-19-23-41(50(59)60-5)45(29-33)62(36-14-8-6-9-15-36)37-16-10-7-11-17-37;1-30(2,3)37-29(35)32-20-12-11-19-31-27(33)22-17-18-25(28(34)36-4)26(21-22)38(23-13-7-5-8-14-23)24-15-9-6-10-16-24/h6-11,14-25,28-31H,12-13,26-27H2,1-5H3,(H2-,51,52,55,56,57,58);5-10,13-18,21H,11-12,19-20H2,1-4H3,(H,31,33)(H,32,35)/p+1. The Labute approximate surface area is 585 Å². The maximum absolute atomic E-state index is 13.5. The van der Waals surface area contributed by atoms with Gasteiger partial charge in [0.15, 0.2) is 0 Å². The zero-order valence-electron chi connectivity index (χ0n) is 57.6. The summed E-state index contributed by atoms with van der Waals surface area (Å²) in [5.74, 6) is -2.39. The van der Waals surface area contributed by atoms with Crippen molar-refractivity contribution in [1.29, 1.82) is 0 Å². The SMILES string of the molecule is COC(=O)c1ccc(C(=O)NCCCCNC(=O)OC(C)(C)C)cc1P(c1ccccc1)c1ccccc1.COC(=O)c1ccc(C(=O)NCCCCNC(=O)c2ccc(-c3c4ccc(=[N+](C)C)cc-4oc4cc(N(C)C)ccc34)c(C(=O)O)c2)cc1P(c1ccccc1)c1ccccc1. The number of carboxylic acid groups (broad SMARTS) is 1. The number of nitrogens with zero attached hydrogens (tertiary/aromatic N) is 2. The van der Waals surface area contributed by atoms with Crippen LogP contribution in [-0.2, 0) is 14.2 Å². The van der Waals surface area contributed by atoms with Crippen LogP contribution in [0.3, 0.4) is 0 Å². The number of carbonyl (C=O) groups is 7. The molecule has 1 aliphatic heterocycles. The van der Waals surface area contributed by atoms with Crippen molar-refractivity contribution in [3.05, 3.63) is 251 Å². The number of hydrogen-bond donors (Lipinski definition) is 5. The van der Waals surface area contributed by atoms with E-state index in [0.29, 0.717) is 96.6 Å². The lowest BCUT2D eigenvalue weighted by Crippen LogP contribution is -2.33. The molecule has 1 aliphatic carbocycles. The van der Waals surface area contributed by atoms with E-state index in [0.717, 1.165) is 53.8 Å². The van der Waals surface area contributed by atoms with Crippen LogP contribution in [0.25, 0.3) is 33.4 Å². The lowest BCUT2D eigenvalue weighted by atomic mass is 9.89. The number of anilines is 1. The van der Waals surface area contributed by atoms with Crippen LogP contribution in [0.15, 0.2) is 217 Å². The van der Waals surface area contributed by atoms with Gasteiger partial charge in [0, 0.05) is 102 Å². The highest BCUT2D eigenvalue weighted by atomic mass is 31.1. The highest BCUT2D eigenvalue weighted by molar-refractivity contribution is 7.80. The number of amides is 4. The van der Waals surface area contributed by atoms with Gasteiger partial charge in [0.05, 0.1) is 37.0 Å². The smallest absolute Gasteiger partial charge is 0.407 e. The predicted octanol–water partition coefficient (Wildman–Crippen LogP) is 10.8. The molecule has 0 atom stereocenters. The van der Waals surface area contributed by atoms with Gasteiger partial charge in [-0.3, -0.25) is 14.4 Å². The van der Waals surface area contributed by atoms with Crippen LogP contribution in [0.1, 0.15) is 109 Å². The van der Waals surface area contributed by atoms with Gasteiger partial charge in [-0.2, -0.15) is 0 Å². The molecule has 20 heteroatoms. The molecule has 0 fully saturated rings. The molecule has 0 saturated heterocycles. The van der Waals surface area contributed by atoms with Gasteiger partial charge in [-0.05, 0) is 156 Å². The predicted molar refractivity (Wildman–Crippen MR) is 399 cm³/mol. The summed E-state index contributed by atoms with van der Waals surface area (Å²) in [6.45, 7) is 7.02. The molecule has 8 aromatic rings. The fraction of sp³-hybridized carbons (Fsp3) is 0.225. The van der Waals surface area contributed by atoms with Crippen molar-refractivity contribution in [2.24, 2.45) is 0 Å². The third kappa shape index (κ3) is 18.9. The normalized spacial score (nSPS) is 11.1. The number of methoxy groups -OCH3 is 2. The quantitative estimate of drug-likeness (QED) is 0.00947. The second kappa shape index (κ2) is 34.6. The monoisotopic (exact) mass is 1380 g/mol. The zero-order valence-corrected chi connectivity index (χ0v) is 59.4. The Bertz CT molecular complexity index is 4520. The first-order chi connectivity index (χ1) is 48.1. The van der Waals surface area contributed by atoms with Gasteiger partial charge >= 0.3 is 24.0 Å². The van der Waals surface area contributed by atoms with E-state index in [1.54, 1.807) is 48.5 Å². The summed E-state index contributed by atoms with van der Waals surface area (Å²) in [6, 6.07) is 66.4. The van der Waals surface area contributed by atoms with Crippen LogP contribution >= 0.6 is 15.8 Å². The Kier molecular flexibility index (Phi) is 25.4. The molecular weight excluding hydrogens is 1300 g/mol. The number of carboxylic acids is 1. The van der Waals surface area contributed by atoms with E-state index in [9.17, 15) is 38.7 Å². The summed E-state index contributed by atoms with van der Waals surface area (Å²) < 4.78 is 23.8. The molecule has 0 aromatic heterocycles. The molecule has 100 heavy (non-hydrogen) atoms. The summed E-state index contributed by atoms with van der Waals surface area (Å²) in [4.78, 5) is 92.1. The average molecular weight is 1380 g/mol. The number of nitrogens with one attached hydrogen (secondary N) is 4. The van der Waals surface area contributed by atoms with Gasteiger partial charge in [0.1, 0.15) is 31.0 Å². The third-order valence-electron chi connectivity index (χ3n) is 16.1. The van der Waals surface area contributed by atoms with Gasteiger partial charge in [-0.15, -0.1) is 0 Å². The molecule has 0 unspecified atom stereocenters. The van der Waals surface area contributed by atoms with Crippen molar-refractivity contribution in [3.63, 3.8) is 0 Å². The number of alkyl carbamates (subject to hydrolysis) is 1. The number of rotatable bonds is 24. The Morgan fingerprint density at radius 2 is 0.890 bits per heavy atom. The van der Waals surface area contributed by atoms with E-state index in [1.165, 1.54) is 20.3 Å². The van der Waals surface area contributed by atoms with Gasteiger partial charge in [0.2, 0.25) is 5.36 Å². The molecule has 5 N–H and O–H groups in total. The Balaban J connectivity index is 0.000000263. The minimum Gasteiger partial charge on any atom is -0.478 e. The van der Waals surface area contributed by atoms with Gasteiger partial charge in [-0.25, -0.2) is 23.8 Å². The molecule has 18 nitrogen and oxygen atoms in total. The highest BCUT2D eigenvalue weighted by Crippen LogP contribution is 2.43. The first kappa shape index (κ1) is 73.4. The van der Waals surface area contributed by atoms with Crippen LogP contribution in [0.5, 0.6) is 0 Å². The Morgan fingerprint density at radius 1 is 0.480 bits per heavy atom. The number of esters is 2. The zero-order chi connectivity index (χ0) is 71.5. The van der Waals surface area contributed by atoms with E-state index in [-0.39, 0.29) is 22.9 Å². The largest absolute Gasteiger partial charge is 0.478 e. The number of fused-ring (bicyclic) bond motifs is 2.